The number of hydrogen-bond acceptors (Lipinski definition) is 3. The van der Waals surface area contributed by atoms with Crippen molar-refractivity contribution >= 4 is 0 Å². The molecule has 1 fully saturated rings. The highest BCUT2D eigenvalue weighted by molar-refractivity contribution is 5.21. The lowest BCUT2D eigenvalue weighted by molar-refractivity contribution is 0.173. The molecule has 1 aliphatic heterocycles. The molecule has 0 aromatic heterocycles. The first-order chi connectivity index (χ1) is 8.81. The van der Waals surface area contributed by atoms with Gasteiger partial charge in [-0.3, -0.25) is 4.90 Å². The van der Waals surface area contributed by atoms with Crippen molar-refractivity contribution in [2.45, 2.75) is 32.4 Å². The first-order valence-corrected chi connectivity index (χ1v) is 6.93. The smallest absolute Gasteiger partial charge is 0.0681 e. The molecular weight excluding hydrogens is 224 g/mol. The van der Waals surface area contributed by atoms with Crippen molar-refractivity contribution in [2.75, 3.05) is 19.6 Å². The van der Waals surface area contributed by atoms with Gasteiger partial charge in [-0.1, -0.05) is 24.3 Å². The Morgan fingerprint density at radius 1 is 1.11 bits per heavy atom. The molecule has 3 N–H and O–H groups in total. The van der Waals surface area contributed by atoms with Crippen LogP contribution in [0.3, 0.4) is 0 Å². The molecule has 3 heteroatoms. The molecule has 0 saturated carbocycles. The van der Waals surface area contributed by atoms with E-state index < -0.39 is 0 Å². The van der Waals surface area contributed by atoms with Gasteiger partial charge in [0.25, 0.3) is 0 Å². The maximum Gasteiger partial charge on any atom is 0.0681 e. The predicted octanol–water partition coefficient (Wildman–Crippen LogP) is 1.74. The van der Waals surface area contributed by atoms with Crippen molar-refractivity contribution in [1.29, 1.82) is 0 Å². The fourth-order valence-electron chi connectivity index (χ4n) is 2.68. The molecule has 1 aromatic rings. The van der Waals surface area contributed by atoms with E-state index in [-0.39, 0.29) is 6.61 Å². The fourth-order valence-corrected chi connectivity index (χ4v) is 2.68. The Kier molecular flexibility index (Phi) is 5.17. The Balaban J connectivity index is 1.80. The number of nitrogens with zero attached hydrogens (tertiary/aromatic N) is 1. The SMILES string of the molecule is NCCC1CCN(Cc2ccc(CO)cc2)CC1. The molecule has 3 nitrogen and oxygen atoms in total. The van der Waals surface area contributed by atoms with E-state index >= 15 is 0 Å². The van der Waals surface area contributed by atoms with Crippen LogP contribution in [-0.4, -0.2) is 29.6 Å². The van der Waals surface area contributed by atoms with Gasteiger partial charge in [0.2, 0.25) is 0 Å². The molecule has 0 bridgehead atoms. The molecule has 1 saturated heterocycles. The van der Waals surface area contributed by atoms with Crippen molar-refractivity contribution in [2.24, 2.45) is 11.7 Å². The van der Waals surface area contributed by atoms with Gasteiger partial charge in [0, 0.05) is 6.54 Å². The van der Waals surface area contributed by atoms with E-state index in [1.54, 1.807) is 0 Å². The van der Waals surface area contributed by atoms with Crippen LogP contribution >= 0.6 is 0 Å². The van der Waals surface area contributed by atoms with Gasteiger partial charge in [0.15, 0.2) is 0 Å². The Labute approximate surface area is 110 Å². The van der Waals surface area contributed by atoms with Crippen molar-refractivity contribution < 1.29 is 5.11 Å². The maximum absolute atomic E-state index is 9.01. The van der Waals surface area contributed by atoms with Crippen molar-refractivity contribution in [3.63, 3.8) is 0 Å². The average molecular weight is 248 g/mol. The van der Waals surface area contributed by atoms with Gasteiger partial charge in [0.05, 0.1) is 6.61 Å². The van der Waals surface area contributed by atoms with Gasteiger partial charge in [-0.25, -0.2) is 0 Å². The molecule has 1 aromatic carbocycles. The highest BCUT2D eigenvalue weighted by Crippen LogP contribution is 2.21. The molecule has 2 rings (SSSR count). The minimum absolute atomic E-state index is 0.130. The summed E-state index contributed by atoms with van der Waals surface area (Å²) in [5, 5.41) is 9.01. The van der Waals surface area contributed by atoms with Crippen LogP contribution in [0.4, 0.5) is 0 Å². The van der Waals surface area contributed by atoms with Crippen LogP contribution in [0.1, 0.15) is 30.4 Å². The van der Waals surface area contributed by atoms with Gasteiger partial charge in [-0.2, -0.15) is 0 Å². The van der Waals surface area contributed by atoms with Gasteiger partial charge in [0.1, 0.15) is 0 Å². The molecule has 0 atom stereocenters. The molecule has 0 amide bonds. The number of rotatable bonds is 5. The van der Waals surface area contributed by atoms with E-state index in [1.165, 1.54) is 37.9 Å². The van der Waals surface area contributed by atoms with E-state index in [2.05, 4.69) is 17.0 Å². The summed E-state index contributed by atoms with van der Waals surface area (Å²) in [5.74, 6) is 0.836. The molecule has 0 spiro atoms. The topological polar surface area (TPSA) is 49.5 Å². The number of aliphatic hydroxyl groups excluding tert-OH is 1. The zero-order valence-corrected chi connectivity index (χ0v) is 11.0. The lowest BCUT2D eigenvalue weighted by Crippen LogP contribution is -2.33. The second kappa shape index (κ2) is 6.88. The Morgan fingerprint density at radius 3 is 2.28 bits per heavy atom. The summed E-state index contributed by atoms with van der Waals surface area (Å²) < 4.78 is 0. The zero-order valence-electron chi connectivity index (χ0n) is 11.0. The van der Waals surface area contributed by atoms with Crippen LogP contribution in [0.15, 0.2) is 24.3 Å². The van der Waals surface area contributed by atoms with Crippen molar-refractivity contribution in [3.05, 3.63) is 35.4 Å². The highest BCUT2D eigenvalue weighted by Gasteiger charge is 2.18. The summed E-state index contributed by atoms with van der Waals surface area (Å²) >= 11 is 0. The molecule has 0 aliphatic carbocycles. The van der Waals surface area contributed by atoms with Crippen LogP contribution in [-0.2, 0) is 13.2 Å². The van der Waals surface area contributed by atoms with Crippen molar-refractivity contribution in [3.8, 4) is 0 Å². The normalized spacial score (nSPS) is 18.1. The van der Waals surface area contributed by atoms with Crippen LogP contribution in [0.5, 0.6) is 0 Å². The number of hydrogen-bond donors (Lipinski definition) is 2. The third-order valence-corrected chi connectivity index (χ3v) is 3.89. The highest BCUT2D eigenvalue weighted by atomic mass is 16.3. The molecule has 18 heavy (non-hydrogen) atoms. The first kappa shape index (κ1) is 13.5. The standard InChI is InChI=1S/C15H24N2O/c16-8-5-13-6-9-17(10-7-13)11-14-1-3-15(12-18)4-2-14/h1-4,13,18H,5-12,16H2. The molecular formula is C15H24N2O. The van der Waals surface area contributed by atoms with Crippen LogP contribution < -0.4 is 5.73 Å². The minimum Gasteiger partial charge on any atom is -0.392 e. The lowest BCUT2D eigenvalue weighted by atomic mass is 9.93. The maximum atomic E-state index is 9.01. The summed E-state index contributed by atoms with van der Waals surface area (Å²) in [7, 11) is 0. The molecule has 1 aliphatic rings. The van der Waals surface area contributed by atoms with Crippen LogP contribution in [0.25, 0.3) is 0 Å². The number of likely N-dealkylation sites (tertiary alicyclic amines) is 1. The van der Waals surface area contributed by atoms with E-state index in [4.69, 9.17) is 10.8 Å². The third-order valence-electron chi connectivity index (χ3n) is 3.89. The summed E-state index contributed by atoms with van der Waals surface area (Å²) in [5.41, 5.74) is 7.93. The number of piperidine rings is 1. The zero-order chi connectivity index (χ0) is 12.8. The quantitative estimate of drug-likeness (QED) is 0.834. The molecule has 1 heterocycles. The predicted molar refractivity (Wildman–Crippen MR) is 74.0 cm³/mol. The summed E-state index contributed by atoms with van der Waals surface area (Å²) in [6.07, 6.45) is 3.75. The molecule has 0 unspecified atom stereocenters. The van der Waals surface area contributed by atoms with E-state index in [0.29, 0.717) is 0 Å². The second-order valence-electron chi connectivity index (χ2n) is 5.27. The second-order valence-corrected chi connectivity index (χ2v) is 5.27. The first-order valence-electron chi connectivity index (χ1n) is 6.93. The van der Waals surface area contributed by atoms with Gasteiger partial charge in [-0.15, -0.1) is 0 Å². The van der Waals surface area contributed by atoms with E-state index in [9.17, 15) is 0 Å². The molecule has 100 valence electrons. The monoisotopic (exact) mass is 248 g/mol. The van der Waals surface area contributed by atoms with Gasteiger partial charge >= 0.3 is 0 Å². The lowest BCUT2D eigenvalue weighted by Gasteiger charge is -2.31. The Morgan fingerprint density at radius 2 is 1.72 bits per heavy atom. The third kappa shape index (κ3) is 3.80. The largest absolute Gasteiger partial charge is 0.392 e. The summed E-state index contributed by atoms with van der Waals surface area (Å²) in [6.45, 7) is 4.36. The number of aliphatic hydroxyl groups is 1. The Bertz CT molecular complexity index is 342. The minimum atomic E-state index is 0.130. The van der Waals surface area contributed by atoms with E-state index in [0.717, 1.165) is 24.6 Å². The number of benzene rings is 1. The Hall–Kier alpha value is -0.900. The summed E-state index contributed by atoms with van der Waals surface area (Å²) in [4.78, 5) is 2.51. The van der Waals surface area contributed by atoms with Crippen LogP contribution in [0, 0.1) is 5.92 Å². The van der Waals surface area contributed by atoms with Crippen LogP contribution in [0.2, 0.25) is 0 Å². The fraction of sp³-hybridized carbons (Fsp3) is 0.600. The van der Waals surface area contributed by atoms with Gasteiger partial charge in [-0.05, 0) is 55.9 Å². The van der Waals surface area contributed by atoms with Gasteiger partial charge < -0.3 is 10.8 Å². The summed E-state index contributed by atoms with van der Waals surface area (Å²) in [6, 6.07) is 8.27. The van der Waals surface area contributed by atoms with Crippen molar-refractivity contribution in [1.82, 2.24) is 4.90 Å². The van der Waals surface area contributed by atoms with E-state index in [1.807, 2.05) is 12.1 Å². The molecule has 0 radical (unpaired) electrons. The number of nitrogens with two attached hydrogens (primary N) is 1. The average Bonchev–Trinajstić information content (AvgIpc) is 2.42.